The van der Waals surface area contributed by atoms with Gasteiger partial charge in [-0.25, -0.2) is 9.38 Å². The molecule has 2 heterocycles. The Morgan fingerprint density at radius 1 is 1.19 bits per heavy atom. The third-order valence-corrected chi connectivity index (χ3v) is 5.53. The van der Waals surface area contributed by atoms with Crippen LogP contribution in [0.1, 0.15) is 18.0 Å². The fraction of sp³-hybridized carbons (Fsp3) is 0.333. The van der Waals surface area contributed by atoms with Gasteiger partial charge in [-0.1, -0.05) is 18.2 Å². The molecule has 1 saturated heterocycles. The summed E-state index contributed by atoms with van der Waals surface area (Å²) in [6, 6.07) is 11.1. The number of para-hydroxylation sites is 1. The van der Waals surface area contributed by atoms with E-state index in [0.29, 0.717) is 31.7 Å². The number of rotatable bonds is 5. The average molecular weight is 427 g/mol. The molecule has 0 unspecified atom stereocenters. The van der Waals surface area contributed by atoms with Crippen LogP contribution in [0, 0.1) is 10.7 Å². The molecule has 0 radical (unpaired) electrons. The molecule has 2 aliphatic heterocycles. The van der Waals surface area contributed by atoms with Crippen LogP contribution in [-0.2, 0) is 4.79 Å². The summed E-state index contributed by atoms with van der Waals surface area (Å²) < 4.78 is 19.8. The molecular formula is C21H22FN5O4. The number of carbonyl (C=O) groups is 1. The van der Waals surface area contributed by atoms with Crippen LogP contribution in [-0.4, -0.2) is 60.2 Å². The van der Waals surface area contributed by atoms with E-state index in [1.54, 1.807) is 13.2 Å². The predicted molar refractivity (Wildman–Crippen MR) is 113 cm³/mol. The Bertz CT molecular complexity index is 1020. The lowest BCUT2D eigenvalue weighted by Gasteiger charge is -2.41. The Kier molecular flexibility index (Phi) is 5.70. The number of halogens is 1. The largest absolute Gasteiger partial charge is 0.497 e. The van der Waals surface area contributed by atoms with Gasteiger partial charge in [0.05, 0.1) is 24.9 Å². The molecule has 162 valence electrons. The number of ether oxygens (including phenoxy) is 1. The van der Waals surface area contributed by atoms with Crippen LogP contribution < -0.4 is 9.64 Å². The minimum atomic E-state index is -1.11. The third-order valence-electron chi connectivity index (χ3n) is 5.53. The maximum Gasteiger partial charge on any atom is 0.305 e. The van der Waals surface area contributed by atoms with Gasteiger partial charge in [0.25, 0.3) is 0 Å². The van der Waals surface area contributed by atoms with Gasteiger partial charge < -0.3 is 19.6 Å². The number of nitroso groups, excluding NO2 is 1. The molecule has 0 spiro atoms. The Morgan fingerprint density at radius 3 is 2.58 bits per heavy atom. The number of hydrogen-bond donors (Lipinski definition) is 1. The number of nitrogens with zero attached hydrogens (tertiary/aromatic N) is 5. The highest BCUT2D eigenvalue weighted by Crippen LogP contribution is 2.39. The second-order valence-electron chi connectivity index (χ2n) is 7.30. The van der Waals surface area contributed by atoms with E-state index >= 15 is 0 Å². The van der Waals surface area contributed by atoms with Gasteiger partial charge in [0.2, 0.25) is 5.96 Å². The summed E-state index contributed by atoms with van der Waals surface area (Å²) in [6.45, 7) is 2.27. The summed E-state index contributed by atoms with van der Waals surface area (Å²) in [6.07, 6.45) is -0.398. The highest BCUT2D eigenvalue weighted by atomic mass is 19.1. The molecule has 2 aliphatic rings. The van der Waals surface area contributed by atoms with Crippen LogP contribution in [0.2, 0.25) is 0 Å². The first-order chi connectivity index (χ1) is 15.0. The fourth-order valence-electron chi connectivity index (χ4n) is 3.98. The number of anilines is 1. The van der Waals surface area contributed by atoms with Crippen molar-refractivity contribution in [3.05, 3.63) is 58.8 Å². The van der Waals surface area contributed by atoms with Crippen molar-refractivity contribution in [3.63, 3.8) is 0 Å². The molecule has 31 heavy (non-hydrogen) atoms. The van der Waals surface area contributed by atoms with Crippen molar-refractivity contribution in [1.82, 2.24) is 9.91 Å². The van der Waals surface area contributed by atoms with Crippen LogP contribution in [0.4, 0.5) is 15.8 Å². The van der Waals surface area contributed by atoms with E-state index < -0.39 is 24.2 Å². The number of aliphatic imine (C=N–C) groups is 1. The monoisotopic (exact) mass is 427 g/mol. The van der Waals surface area contributed by atoms with Crippen molar-refractivity contribution in [1.29, 1.82) is 0 Å². The van der Waals surface area contributed by atoms with Gasteiger partial charge in [0.15, 0.2) is 0 Å². The number of benzene rings is 2. The number of methoxy groups -OCH3 is 1. The van der Waals surface area contributed by atoms with Crippen LogP contribution in [0.15, 0.2) is 52.7 Å². The van der Waals surface area contributed by atoms with Gasteiger partial charge in [-0.05, 0) is 18.2 Å². The lowest BCUT2D eigenvalue weighted by atomic mass is 9.99. The normalized spacial score (nSPS) is 18.3. The lowest BCUT2D eigenvalue weighted by molar-refractivity contribution is -0.138. The number of hydrogen-bond acceptors (Lipinski definition) is 7. The summed E-state index contributed by atoms with van der Waals surface area (Å²) >= 11 is 0. The molecular weight excluding hydrogens is 405 g/mol. The average Bonchev–Trinajstić information content (AvgIpc) is 2.79. The molecule has 10 heteroatoms. The summed E-state index contributed by atoms with van der Waals surface area (Å²) in [4.78, 5) is 31.5. The molecule has 1 N–H and O–H groups in total. The molecule has 2 aromatic rings. The SMILES string of the molecule is COc1cccc(N2CCN(C3=Nc4c(F)cccc4[C@H](CC(=O)O)N3N=O)CC2)c1. The zero-order valence-corrected chi connectivity index (χ0v) is 16.9. The number of aliphatic carboxylic acids is 1. The van der Waals surface area contributed by atoms with Crippen molar-refractivity contribution >= 4 is 23.3 Å². The molecule has 4 rings (SSSR count). The van der Waals surface area contributed by atoms with E-state index in [4.69, 9.17) is 4.74 Å². The maximum absolute atomic E-state index is 14.5. The summed E-state index contributed by atoms with van der Waals surface area (Å²) in [5.41, 5.74) is 1.40. The number of carboxylic acid groups (broad SMARTS) is 1. The van der Waals surface area contributed by atoms with E-state index in [1.165, 1.54) is 12.1 Å². The standard InChI is InChI=1S/C21H22FN5O4/c1-31-15-5-2-4-14(12-15)25-8-10-26(11-9-25)21-23-20-16(6-3-7-17(20)22)18(13-19(28)29)27(21)24-30/h2-7,12,18H,8-11,13H2,1H3,(H,28,29)/t18-/m0/s1. The van der Waals surface area contributed by atoms with E-state index in [0.717, 1.165) is 16.4 Å². The quantitative estimate of drug-likeness (QED) is 0.732. The van der Waals surface area contributed by atoms with Crippen molar-refractivity contribution in [2.45, 2.75) is 12.5 Å². The van der Waals surface area contributed by atoms with Gasteiger partial charge in [-0.15, -0.1) is 4.91 Å². The fourth-order valence-corrected chi connectivity index (χ4v) is 3.98. The first-order valence-corrected chi connectivity index (χ1v) is 9.87. The summed E-state index contributed by atoms with van der Waals surface area (Å²) in [7, 11) is 1.61. The topological polar surface area (TPSA) is 98.0 Å². The highest BCUT2D eigenvalue weighted by molar-refractivity contribution is 5.87. The second kappa shape index (κ2) is 8.58. The number of piperazine rings is 1. The summed E-state index contributed by atoms with van der Waals surface area (Å²) in [5.74, 6) is -0.746. The van der Waals surface area contributed by atoms with Gasteiger partial charge in [-0.3, -0.25) is 4.79 Å². The Balaban J connectivity index is 1.60. The predicted octanol–water partition coefficient (Wildman–Crippen LogP) is 3.16. The third kappa shape index (κ3) is 4.00. The number of guanidine groups is 1. The van der Waals surface area contributed by atoms with Crippen molar-refractivity contribution in [2.75, 3.05) is 38.2 Å². The molecule has 0 aromatic heterocycles. The van der Waals surface area contributed by atoms with E-state index in [2.05, 4.69) is 15.2 Å². The molecule has 0 amide bonds. The Labute approximate surface area is 178 Å². The van der Waals surface area contributed by atoms with Gasteiger partial charge in [0.1, 0.15) is 17.3 Å². The van der Waals surface area contributed by atoms with Crippen LogP contribution >= 0.6 is 0 Å². The van der Waals surface area contributed by atoms with Crippen LogP contribution in [0.25, 0.3) is 0 Å². The van der Waals surface area contributed by atoms with E-state index in [9.17, 15) is 19.2 Å². The van der Waals surface area contributed by atoms with Gasteiger partial charge in [0, 0.05) is 43.5 Å². The molecule has 0 saturated carbocycles. The van der Waals surface area contributed by atoms with Crippen molar-refractivity contribution in [3.8, 4) is 5.75 Å². The lowest BCUT2D eigenvalue weighted by Crippen LogP contribution is -2.53. The molecule has 0 aliphatic carbocycles. The zero-order valence-electron chi connectivity index (χ0n) is 16.9. The van der Waals surface area contributed by atoms with Crippen LogP contribution in [0.5, 0.6) is 5.75 Å². The molecule has 1 fully saturated rings. The summed E-state index contributed by atoms with van der Waals surface area (Å²) in [5, 5.41) is 13.5. The molecule has 2 aromatic carbocycles. The van der Waals surface area contributed by atoms with E-state index in [-0.39, 0.29) is 11.6 Å². The number of fused-ring (bicyclic) bond motifs is 1. The van der Waals surface area contributed by atoms with E-state index in [1.807, 2.05) is 29.2 Å². The zero-order chi connectivity index (χ0) is 22.0. The first kappa shape index (κ1) is 20.6. The second-order valence-corrected chi connectivity index (χ2v) is 7.30. The molecule has 0 bridgehead atoms. The Hall–Kier alpha value is -3.69. The van der Waals surface area contributed by atoms with Gasteiger partial charge in [-0.2, -0.15) is 5.01 Å². The highest BCUT2D eigenvalue weighted by Gasteiger charge is 2.37. The Morgan fingerprint density at radius 2 is 1.90 bits per heavy atom. The first-order valence-electron chi connectivity index (χ1n) is 9.87. The van der Waals surface area contributed by atoms with Crippen molar-refractivity contribution < 1.29 is 19.0 Å². The minimum absolute atomic E-state index is 0.0545. The van der Waals surface area contributed by atoms with Gasteiger partial charge >= 0.3 is 5.97 Å². The number of carboxylic acids is 1. The minimum Gasteiger partial charge on any atom is -0.497 e. The van der Waals surface area contributed by atoms with Crippen LogP contribution in [0.3, 0.4) is 0 Å². The molecule has 1 atom stereocenters. The molecule has 9 nitrogen and oxygen atoms in total. The smallest absolute Gasteiger partial charge is 0.305 e. The maximum atomic E-state index is 14.5. The van der Waals surface area contributed by atoms with Crippen molar-refractivity contribution in [2.24, 2.45) is 10.3 Å².